The highest BCUT2D eigenvalue weighted by atomic mass is 79.9. The second-order valence-electron chi connectivity index (χ2n) is 2.70. The smallest absolute Gasteiger partial charge is 0.212 e. The van der Waals surface area contributed by atoms with E-state index in [2.05, 4.69) is 32.1 Å². The van der Waals surface area contributed by atoms with Gasteiger partial charge in [0.15, 0.2) is 0 Å². The van der Waals surface area contributed by atoms with Crippen LogP contribution in [-0.4, -0.2) is 14.6 Å². The number of nitrogens with zero attached hydrogens (tertiary/aromatic N) is 3. The number of halogens is 1. The quantitative estimate of drug-likeness (QED) is 0.687. The SMILES string of the molecule is Brc1ccc(-c2cn3ncsc3n2)s1. The minimum Gasteiger partial charge on any atom is -0.217 e. The lowest BCUT2D eigenvalue weighted by Crippen LogP contribution is -1.75. The zero-order chi connectivity index (χ0) is 9.54. The van der Waals surface area contributed by atoms with E-state index in [1.807, 2.05) is 12.3 Å². The van der Waals surface area contributed by atoms with Gasteiger partial charge in [-0.25, -0.2) is 9.50 Å². The van der Waals surface area contributed by atoms with E-state index in [9.17, 15) is 0 Å². The van der Waals surface area contributed by atoms with Gasteiger partial charge < -0.3 is 0 Å². The number of hydrogen-bond donors (Lipinski definition) is 0. The van der Waals surface area contributed by atoms with Gasteiger partial charge in [0.2, 0.25) is 4.96 Å². The van der Waals surface area contributed by atoms with Crippen LogP contribution in [0.3, 0.4) is 0 Å². The zero-order valence-corrected chi connectivity index (χ0v) is 10.1. The van der Waals surface area contributed by atoms with Crippen LogP contribution in [-0.2, 0) is 0 Å². The average Bonchev–Trinajstić information content (AvgIpc) is 2.75. The van der Waals surface area contributed by atoms with Crippen molar-refractivity contribution in [3.63, 3.8) is 0 Å². The molecular formula is C8H4BrN3S2. The molecule has 0 aliphatic heterocycles. The molecule has 0 aromatic carbocycles. The molecule has 0 aliphatic rings. The van der Waals surface area contributed by atoms with Gasteiger partial charge in [0.25, 0.3) is 0 Å². The lowest BCUT2D eigenvalue weighted by Gasteiger charge is -1.85. The molecule has 3 heterocycles. The van der Waals surface area contributed by atoms with Gasteiger partial charge in [-0.15, -0.1) is 11.3 Å². The van der Waals surface area contributed by atoms with Crippen molar-refractivity contribution in [2.45, 2.75) is 0 Å². The molecule has 0 bridgehead atoms. The molecule has 3 aromatic rings. The highest BCUT2D eigenvalue weighted by Gasteiger charge is 2.07. The summed E-state index contributed by atoms with van der Waals surface area (Å²) in [5.41, 5.74) is 2.77. The zero-order valence-electron chi connectivity index (χ0n) is 6.85. The van der Waals surface area contributed by atoms with Crippen LogP contribution < -0.4 is 0 Å². The fourth-order valence-corrected chi connectivity index (χ4v) is 3.15. The van der Waals surface area contributed by atoms with Crippen LogP contribution in [0.15, 0.2) is 27.6 Å². The van der Waals surface area contributed by atoms with Crippen molar-refractivity contribution in [1.82, 2.24) is 14.6 Å². The molecule has 0 fully saturated rings. The molecule has 6 heteroatoms. The summed E-state index contributed by atoms with van der Waals surface area (Å²) in [4.78, 5) is 6.56. The van der Waals surface area contributed by atoms with Gasteiger partial charge in [-0.3, -0.25) is 0 Å². The summed E-state index contributed by atoms with van der Waals surface area (Å²) < 4.78 is 2.92. The lowest BCUT2D eigenvalue weighted by molar-refractivity contribution is 0.974. The van der Waals surface area contributed by atoms with E-state index >= 15 is 0 Å². The standard InChI is InChI=1S/C8H4BrN3S2/c9-7-2-1-6(14-7)5-3-12-8(11-5)13-4-10-12/h1-4H. The van der Waals surface area contributed by atoms with Crippen LogP contribution in [0.2, 0.25) is 0 Å². The largest absolute Gasteiger partial charge is 0.217 e. The third-order valence-corrected chi connectivity index (χ3v) is 4.15. The maximum Gasteiger partial charge on any atom is 0.212 e. The molecule has 0 radical (unpaired) electrons. The predicted octanol–water partition coefficient (Wildman–Crippen LogP) is 3.28. The van der Waals surface area contributed by atoms with Crippen LogP contribution in [0.1, 0.15) is 0 Å². The number of thiophene rings is 1. The lowest BCUT2D eigenvalue weighted by atomic mass is 10.4. The van der Waals surface area contributed by atoms with Gasteiger partial charge >= 0.3 is 0 Å². The Hall–Kier alpha value is -0.720. The van der Waals surface area contributed by atoms with Crippen molar-refractivity contribution >= 4 is 43.6 Å². The Labute approximate surface area is 96.2 Å². The van der Waals surface area contributed by atoms with Gasteiger partial charge in [-0.05, 0) is 28.1 Å². The van der Waals surface area contributed by atoms with Gasteiger partial charge in [0.1, 0.15) is 11.2 Å². The third-order valence-electron chi connectivity index (χ3n) is 1.81. The number of fused-ring (bicyclic) bond motifs is 1. The summed E-state index contributed by atoms with van der Waals surface area (Å²) in [6.07, 6.45) is 1.95. The second-order valence-corrected chi connectivity index (χ2v) is 5.97. The number of aromatic nitrogens is 3. The van der Waals surface area contributed by atoms with Gasteiger partial charge in [0, 0.05) is 0 Å². The summed E-state index contributed by atoms with van der Waals surface area (Å²) >= 11 is 6.66. The maximum atomic E-state index is 4.46. The summed E-state index contributed by atoms with van der Waals surface area (Å²) in [5.74, 6) is 0. The van der Waals surface area contributed by atoms with Crippen molar-refractivity contribution in [2.75, 3.05) is 0 Å². The van der Waals surface area contributed by atoms with Crippen LogP contribution in [0.5, 0.6) is 0 Å². The Kier molecular flexibility index (Phi) is 1.93. The molecule has 70 valence electrons. The molecule has 0 spiro atoms. The Morgan fingerprint density at radius 1 is 1.36 bits per heavy atom. The summed E-state index contributed by atoms with van der Waals surface area (Å²) in [5, 5.41) is 4.14. The second kappa shape index (κ2) is 3.15. The van der Waals surface area contributed by atoms with Gasteiger partial charge in [0.05, 0.1) is 14.9 Å². The molecule has 14 heavy (non-hydrogen) atoms. The molecule has 0 saturated carbocycles. The molecule has 0 unspecified atom stereocenters. The third kappa shape index (κ3) is 1.30. The van der Waals surface area contributed by atoms with Crippen LogP contribution in [0.4, 0.5) is 0 Å². The average molecular weight is 286 g/mol. The highest BCUT2D eigenvalue weighted by molar-refractivity contribution is 9.11. The van der Waals surface area contributed by atoms with E-state index in [1.165, 1.54) is 0 Å². The van der Waals surface area contributed by atoms with E-state index in [0.717, 1.165) is 19.3 Å². The van der Waals surface area contributed by atoms with Crippen molar-refractivity contribution < 1.29 is 0 Å². The fraction of sp³-hybridized carbons (Fsp3) is 0. The number of hydrogen-bond acceptors (Lipinski definition) is 4. The predicted molar refractivity (Wildman–Crippen MR) is 61.9 cm³/mol. The Morgan fingerprint density at radius 2 is 2.29 bits per heavy atom. The molecule has 0 saturated heterocycles. The minimum absolute atomic E-state index is 0.935. The first-order valence-electron chi connectivity index (χ1n) is 3.87. The van der Waals surface area contributed by atoms with Crippen molar-refractivity contribution in [2.24, 2.45) is 0 Å². The molecule has 3 nitrogen and oxygen atoms in total. The summed E-state index contributed by atoms with van der Waals surface area (Å²) in [6, 6.07) is 4.09. The molecule has 0 aliphatic carbocycles. The summed E-state index contributed by atoms with van der Waals surface area (Å²) in [6.45, 7) is 0. The molecule has 0 amide bonds. The van der Waals surface area contributed by atoms with E-state index in [1.54, 1.807) is 32.7 Å². The van der Waals surface area contributed by atoms with Gasteiger partial charge in [-0.2, -0.15) is 5.10 Å². The Bertz CT molecular complexity index is 551. The van der Waals surface area contributed by atoms with Gasteiger partial charge in [-0.1, -0.05) is 11.3 Å². The topological polar surface area (TPSA) is 30.2 Å². The maximum absolute atomic E-state index is 4.46. The van der Waals surface area contributed by atoms with Crippen molar-refractivity contribution in [3.05, 3.63) is 27.6 Å². The molecular weight excluding hydrogens is 282 g/mol. The van der Waals surface area contributed by atoms with E-state index in [4.69, 9.17) is 0 Å². The summed E-state index contributed by atoms with van der Waals surface area (Å²) in [7, 11) is 0. The fourth-order valence-electron chi connectivity index (χ4n) is 1.21. The first-order chi connectivity index (χ1) is 6.83. The van der Waals surface area contributed by atoms with Crippen molar-refractivity contribution in [3.8, 4) is 10.6 Å². The Morgan fingerprint density at radius 3 is 3.00 bits per heavy atom. The molecule has 3 aromatic heterocycles. The van der Waals surface area contributed by atoms with E-state index in [0.29, 0.717) is 0 Å². The monoisotopic (exact) mass is 285 g/mol. The van der Waals surface area contributed by atoms with Crippen LogP contribution in [0, 0.1) is 0 Å². The van der Waals surface area contributed by atoms with Crippen molar-refractivity contribution in [1.29, 1.82) is 0 Å². The normalized spacial score (nSPS) is 11.2. The number of rotatable bonds is 1. The van der Waals surface area contributed by atoms with Crippen LogP contribution >= 0.6 is 38.6 Å². The molecule has 0 atom stereocenters. The van der Waals surface area contributed by atoms with E-state index in [-0.39, 0.29) is 0 Å². The highest BCUT2D eigenvalue weighted by Crippen LogP contribution is 2.30. The van der Waals surface area contributed by atoms with E-state index < -0.39 is 0 Å². The molecule has 0 N–H and O–H groups in total. The minimum atomic E-state index is 0.935. The Balaban J connectivity index is 2.18. The molecule has 3 rings (SSSR count). The first-order valence-corrected chi connectivity index (χ1v) is 6.36. The first kappa shape index (κ1) is 8.58. The number of imidazole rings is 1. The van der Waals surface area contributed by atoms with Crippen LogP contribution in [0.25, 0.3) is 15.5 Å².